The number of rotatable bonds is 4. The molecule has 0 spiro atoms. The van der Waals surface area contributed by atoms with Gasteiger partial charge in [0.1, 0.15) is 6.54 Å². The molecule has 6 heteroatoms. The number of terminal acetylenes is 1. The zero-order chi connectivity index (χ0) is 12.1. The van der Waals surface area contributed by atoms with Crippen molar-refractivity contribution in [2.45, 2.75) is 32.1 Å². The van der Waals surface area contributed by atoms with Gasteiger partial charge in [-0.05, 0) is 13.8 Å². The van der Waals surface area contributed by atoms with Crippen LogP contribution in [0.2, 0.25) is 0 Å². The first-order valence-electron chi connectivity index (χ1n) is 4.33. The quantitative estimate of drug-likeness (QED) is 0.686. The molecule has 0 rings (SSSR count). The maximum atomic E-state index is 11.7. The lowest BCUT2D eigenvalue weighted by atomic mass is 10.2. The Bertz CT molecular complexity index is 257. The standard InChI is InChI=1S/C9H13F3N2O/c1-4-6(2)14-7(3)8(15)13-5-9(10,11)12/h1,6-7,14H,5H2,2-3H3,(H,13,15). The molecule has 0 saturated heterocycles. The zero-order valence-electron chi connectivity index (χ0n) is 8.48. The number of carbonyl (C=O) groups excluding carboxylic acids is 1. The van der Waals surface area contributed by atoms with Crippen LogP contribution in [0.15, 0.2) is 0 Å². The summed E-state index contributed by atoms with van der Waals surface area (Å²) >= 11 is 0. The molecule has 2 unspecified atom stereocenters. The van der Waals surface area contributed by atoms with Crippen LogP contribution in [0, 0.1) is 12.3 Å². The summed E-state index contributed by atoms with van der Waals surface area (Å²) in [5.41, 5.74) is 0. The van der Waals surface area contributed by atoms with E-state index in [9.17, 15) is 18.0 Å². The van der Waals surface area contributed by atoms with Gasteiger partial charge in [-0.3, -0.25) is 10.1 Å². The van der Waals surface area contributed by atoms with Crippen LogP contribution in [-0.2, 0) is 4.79 Å². The van der Waals surface area contributed by atoms with Gasteiger partial charge in [0.15, 0.2) is 0 Å². The minimum absolute atomic E-state index is 0.364. The second-order valence-electron chi connectivity index (χ2n) is 3.11. The summed E-state index contributed by atoms with van der Waals surface area (Å²) in [6.45, 7) is 1.75. The summed E-state index contributed by atoms with van der Waals surface area (Å²) in [4.78, 5) is 11.1. The molecule has 2 atom stereocenters. The van der Waals surface area contributed by atoms with Crippen LogP contribution in [0.5, 0.6) is 0 Å². The van der Waals surface area contributed by atoms with Crippen LogP contribution in [0.3, 0.4) is 0 Å². The summed E-state index contributed by atoms with van der Waals surface area (Å²) < 4.78 is 35.2. The van der Waals surface area contributed by atoms with Crippen molar-refractivity contribution in [3.8, 4) is 12.3 Å². The number of hydrogen-bond acceptors (Lipinski definition) is 2. The Morgan fingerprint density at radius 2 is 2.00 bits per heavy atom. The molecule has 2 N–H and O–H groups in total. The van der Waals surface area contributed by atoms with Crippen LogP contribution in [0.25, 0.3) is 0 Å². The summed E-state index contributed by atoms with van der Waals surface area (Å²) in [5, 5.41) is 4.41. The second-order valence-corrected chi connectivity index (χ2v) is 3.11. The number of amides is 1. The minimum atomic E-state index is -4.40. The van der Waals surface area contributed by atoms with Crippen molar-refractivity contribution < 1.29 is 18.0 Å². The molecule has 0 aliphatic rings. The molecule has 0 bridgehead atoms. The molecule has 3 nitrogen and oxygen atoms in total. The second kappa shape index (κ2) is 5.61. The zero-order valence-corrected chi connectivity index (χ0v) is 8.48. The predicted octanol–water partition coefficient (Wildman–Crippen LogP) is 0.665. The van der Waals surface area contributed by atoms with Gasteiger partial charge < -0.3 is 5.32 Å². The highest BCUT2D eigenvalue weighted by molar-refractivity contribution is 5.81. The van der Waals surface area contributed by atoms with E-state index in [1.165, 1.54) is 6.92 Å². The van der Waals surface area contributed by atoms with Crippen LogP contribution in [-0.4, -0.2) is 30.7 Å². The van der Waals surface area contributed by atoms with Crippen LogP contribution in [0.4, 0.5) is 13.2 Å². The third-order valence-corrected chi connectivity index (χ3v) is 1.61. The normalized spacial score (nSPS) is 15.2. The van der Waals surface area contributed by atoms with E-state index in [4.69, 9.17) is 6.42 Å². The molecule has 0 radical (unpaired) electrons. The Kier molecular flexibility index (Phi) is 5.15. The Morgan fingerprint density at radius 3 is 2.40 bits per heavy atom. The Morgan fingerprint density at radius 1 is 1.47 bits per heavy atom. The van der Waals surface area contributed by atoms with Crippen molar-refractivity contribution in [2.75, 3.05) is 6.54 Å². The van der Waals surface area contributed by atoms with Crippen molar-refractivity contribution in [3.05, 3.63) is 0 Å². The number of nitrogens with one attached hydrogen (secondary N) is 2. The number of hydrogen-bond donors (Lipinski definition) is 2. The van der Waals surface area contributed by atoms with E-state index in [0.29, 0.717) is 0 Å². The van der Waals surface area contributed by atoms with Gasteiger partial charge in [-0.1, -0.05) is 5.92 Å². The van der Waals surface area contributed by atoms with Gasteiger partial charge in [-0.15, -0.1) is 6.42 Å². The SMILES string of the molecule is C#CC(C)NC(C)C(=O)NCC(F)(F)F. The van der Waals surface area contributed by atoms with Crippen molar-refractivity contribution >= 4 is 5.91 Å². The highest BCUT2D eigenvalue weighted by atomic mass is 19.4. The molecule has 15 heavy (non-hydrogen) atoms. The average molecular weight is 222 g/mol. The fourth-order valence-corrected chi connectivity index (χ4v) is 0.839. The largest absolute Gasteiger partial charge is 0.405 e. The van der Waals surface area contributed by atoms with Gasteiger partial charge in [0.05, 0.1) is 12.1 Å². The molecule has 0 fully saturated rings. The monoisotopic (exact) mass is 222 g/mol. The molecule has 0 saturated carbocycles. The molecule has 86 valence electrons. The maximum absolute atomic E-state index is 11.7. The number of carbonyl (C=O) groups is 1. The van der Waals surface area contributed by atoms with Crippen LogP contribution in [0.1, 0.15) is 13.8 Å². The van der Waals surface area contributed by atoms with E-state index in [1.54, 1.807) is 12.2 Å². The fourth-order valence-electron chi connectivity index (χ4n) is 0.839. The minimum Gasteiger partial charge on any atom is -0.346 e. The van der Waals surface area contributed by atoms with Crippen molar-refractivity contribution in [2.24, 2.45) is 0 Å². The first-order valence-corrected chi connectivity index (χ1v) is 4.33. The highest BCUT2D eigenvalue weighted by Crippen LogP contribution is 2.12. The van der Waals surface area contributed by atoms with Gasteiger partial charge in [-0.25, -0.2) is 0 Å². The van der Waals surface area contributed by atoms with Gasteiger partial charge in [0.2, 0.25) is 5.91 Å². The van der Waals surface area contributed by atoms with Gasteiger partial charge in [0.25, 0.3) is 0 Å². The third-order valence-electron chi connectivity index (χ3n) is 1.61. The molecule has 1 amide bonds. The van der Waals surface area contributed by atoms with E-state index < -0.39 is 24.7 Å². The first kappa shape index (κ1) is 13.8. The lowest BCUT2D eigenvalue weighted by Crippen LogP contribution is -2.47. The van der Waals surface area contributed by atoms with Gasteiger partial charge >= 0.3 is 6.18 Å². The van der Waals surface area contributed by atoms with E-state index in [-0.39, 0.29) is 6.04 Å². The Labute approximate surface area is 86.4 Å². The molecule has 0 aromatic rings. The maximum Gasteiger partial charge on any atom is 0.405 e. The lowest BCUT2D eigenvalue weighted by Gasteiger charge is -2.16. The molecular formula is C9H13F3N2O. The smallest absolute Gasteiger partial charge is 0.346 e. The first-order chi connectivity index (χ1) is 6.76. The Hall–Kier alpha value is -1.22. The lowest BCUT2D eigenvalue weighted by molar-refractivity contribution is -0.139. The van der Waals surface area contributed by atoms with Crippen LogP contribution < -0.4 is 10.6 Å². The van der Waals surface area contributed by atoms with Crippen molar-refractivity contribution in [1.29, 1.82) is 0 Å². The molecule has 0 aromatic heterocycles. The third kappa shape index (κ3) is 6.80. The Balaban J connectivity index is 3.96. The van der Waals surface area contributed by atoms with E-state index in [0.717, 1.165) is 0 Å². The van der Waals surface area contributed by atoms with Crippen molar-refractivity contribution in [3.63, 3.8) is 0 Å². The van der Waals surface area contributed by atoms with E-state index in [1.807, 2.05) is 0 Å². The number of halogens is 3. The van der Waals surface area contributed by atoms with E-state index in [2.05, 4.69) is 11.2 Å². The fraction of sp³-hybridized carbons (Fsp3) is 0.667. The molecule has 0 heterocycles. The average Bonchev–Trinajstić information content (AvgIpc) is 2.12. The highest BCUT2D eigenvalue weighted by Gasteiger charge is 2.28. The summed E-state index contributed by atoms with van der Waals surface area (Å²) in [7, 11) is 0. The topological polar surface area (TPSA) is 41.1 Å². The molecule has 0 aliphatic heterocycles. The molecular weight excluding hydrogens is 209 g/mol. The number of alkyl halides is 3. The predicted molar refractivity (Wildman–Crippen MR) is 50.0 cm³/mol. The van der Waals surface area contributed by atoms with Gasteiger partial charge in [0, 0.05) is 0 Å². The molecule has 0 aliphatic carbocycles. The van der Waals surface area contributed by atoms with Crippen LogP contribution >= 0.6 is 0 Å². The summed E-state index contributed by atoms with van der Waals surface area (Å²) in [5.74, 6) is 1.58. The summed E-state index contributed by atoms with van der Waals surface area (Å²) in [6.07, 6.45) is 0.644. The van der Waals surface area contributed by atoms with Crippen molar-refractivity contribution in [1.82, 2.24) is 10.6 Å². The van der Waals surface area contributed by atoms with Gasteiger partial charge in [-0.2, -0.15) is 13.2 Å². The summed E-state index contributed by atoms with van der Waals surface area (Å²) in [6, 6.07) is -1.12. The molecule has 0 aromatic carbocycles. The van der Waals surface area contributed by atoms with E-state index >= 15 is 0 Å².